The number of nitrogens with zero attached hydrogens (tertiary/aromatic N) is 5. The van der Waals surface area contributed by atoms with Gasteiger partial charge in [-0.3, -0.25) is 0 Å². The summed E-state index contributed by atoms with van der Waals surface area (Å²) in [7, 11) is 0. The van der Waals surface area contributed by atoms with E-state index < -0.39 is 0 Å². The largest absolute Gasteiger partial charge is 0.232 e. The average Bonchev–Trinajstić information content (AvgIpc) is 3.69. The minimum Gasteiger partial charge on any atom is -0.232 e. The molecule has 5 nitrogen and oxygen atoms in total. The van der Waals surface area contributed by atoms with Gasteiger partial charge in [-0.15, -0.1) is 0 Å². The molecular weight excluding hydrogens is 671 g/mol. The number of fused-ring (bicyclic) bond motifs is 3. The molecule has 0 radical (unpaired) electrons. The van der Waals surface area contributed by atoms with Crippen LogP contribution in [-0.2, 0) is 0 Å². The maximum atomic E-state index is 5.37. The van der Waals surface area contributed by atoms with Crippen LogP contribution in [0.2, 0.25) is 0 Å². The third-order valence-electron chi connectivity index (χ3n) is 10.1. The van der Waals surface area contributed by atoms with Gasteiger partial charge in [-0.1, -0.05) is 182 Å². The van der Waals surface area contributed by atoms with E-state index in [4.69, 9.17) is 20.1 Å². The van der Waals surface area contributed by atoms with Gasteiger partial charge in [0.25, 0.3) is 0 Å². The smallest absolute Gasteiger partial charge is 0.164 e. The van der Waals surface area contributed by atoms with Crippen molar-refractivity contribution in [2.75, 3.05) is 0 Å². The molecule has 5 heteroatoms. The fourth-order valence-corrected chi connectivity index (χ4v) is 7.46. The monoisotopic (exact) mass is 703 g/mol. The minimum absolute atomic E-state index is 0.629. The molecular formula is C50H33N5. The van der Waals surface area contributed by atoms with Crippen LogP contribution in [0, 0.1) is 0 Å². The fraction of sp³-hybridized carbons (Fsp3) is 0. The molecule has 8 aromatic carbocycles. The zero-order valence-electron chi connectivity index (χ0n) is 29.8. The normalized spacial score (nSPS) is 11.3. The van der Waals surface area contributed by atoms with Gasteiger partial charge >= 0.3 is 0 Å². The highest BCUT2D eigenvalue weighted by Gasteiger charge is 2.22. The van der Waals surface area contributed by atoms with Crippen LogP contribution in [0.25, 0.3) is 95.0 Å². The van der Waals surface area contributed by atoms with Crippen LogP contribution in [0.15, 0.2) is 200 Å². The Labute approximate surface area is 318 Å². The molecule has 0 saturated carbocycles. The Morgan fingerprint density at radius 1 is 0.345 bits per heavy atom. The van der Waals surface area contributed by atoms with Crippen LogP contribution in [0.5, 0.6) is 0 Å². The second-order valence-corrected chi connectivity index (χ2v) is 13.5. The summed E-state index contributed by atoms with van der Waals surface area (Å²) in [6.45, 7) is 0. The van der Waals surface area contributed by atoms with E-state index in [2.05, 4.69) is 138 Å². The molecule has 0 aliphatic carbocycles. The zero-order chi connectivity index (χ0) is 36.6. The average molecular weight is 704 g/mol. The van der Waals surface area contributed by atoms with Crippen LogP contribution >= 0.6 is 0 Å². The predicted octanol–water partition coefficient (Wildman–Crippen LogP) is 12.4. The van der Waals surface area contributed by atoms with Crippen LogP contribution in [0.3, 0.4) is 0 Å². The van der Waals surface area contributed by atoms with Gasteiger partial charge in [0.15, 0.2) is 17.5 Å². The Kier molecular flexibility index (Phi) is 8.08. The van der Waals surface area contributed by atoms with E-state index in [9.17, 15) is 0 Å². The van der Waals surface area contributed by atoms with Crippen molar-refractivity contribution in [2.45, 2.75) is 0 Å². The van der Waals surface area contributed by atoms with E-state index in [1.807, 2.05) is 66.7 Å². The first-order valence-corrected chi connectivity index (χ1v) is 18.4. The van der Waals surface area contributed by atoms with Crippen molar-refractivity contribution in [3.05, 3.63) is 200 Å². The number of hydrogen-bond donors (Lipinski definition) is 0. The van der Waals surface area contributed by atoms with Gasteiger partial charge < -0.3 is 0 Å². The van der Waals surface area contributed by atoms with Gasteiger partial charge in [-0.05, 0) is 45.8 Å². The van der Waals surface area contributed by atoms with Crippen molar-refractivity contribution in [2.24, 2.45) is 0 Å². The summed E-state index contributed by atoms with van der Waals surface area (Å²) in [6.07, 6.45) is 0. The maximum absolute atomic E-state index is 5.37. The fourth-order valence-electron chi connectivity index (χ4n) is 7.46. The molecule has 258 valence electrons. The third-order valence-corrected chi connectivity index (χ3v) is 10.1. The molecule has 0 aliphatic rings. The number of hydrogen-bond acceptors (Lipinski definition) is 4. The Balaban J connectivity index is 1.15. The Morgan fingerprint density at radius 3 is 1.40 bits per heavy atom. The van der Waals surface area contributed by atoms with E-state index in [-0.39, 0.29) is 0 Å². The lowest BCUT2D eigenvalue weighted by Crippen LogP contribution is -2.00. The molecule has 10 rings (SSSR count). The molecule has 0 unspecified atom stereocenters. The molecule has 55 heavy (non-hydrogen) atoms. The SMILES string of the molecule is c1ccc(-c2nc(-c3ccccc3)nc(-c3ccc(-c4ccccc4-c4cc5ccccc5c5c4c(-c4ccccc4)nn5-c4ccccc4)cc3)n2)cc1. The lowest BCUT2D eigenvalue weighted by Gasteiger charge is -2.15. The van der Waals surface area contributed by atoms with Crippen molar-refractivity contribution in [1.29, 1.82) is 0 Å². The molecule has 2 aromatic heterocycles. The maximum Gasteiger partial charge on any atom is 0.164 e. The quantitative estimate of drug-likeness (QED) is 0.166. The van der Waals surface area contributed by atoms with Gasteiger partial charge in [0.2, 0.25) is 0 Å². The summed E-state index contributed by atoms with van der Waals surface area (Å²) in [4.78, 5) is 14.8. The van der Waals surface area contributed by atoms with Gasteiger partial charge in [0.05, 0.1) is 11.2 Å². The molecule has 0 N–H and O–H groups in total. The highest BCUT2D eigenvalue weighted by Crippen LogP contribution is 2.44. The van der Waals surface area contributed by atoms with Crippen LogP contribution < -0.4 is 0 Å². The van der Waals surface area contributed by atoms with E-state index in [1.165, 1.54) is 0 Å². The molecule has 10 aromatic rings. The van der Waals surface area contributed by atoms with Crippen molar-refractivity contribution >= 4 is 21.7 Å². The van der Waals surface area contributed by atoms with Crippen molar-refractivity contribution < 1.29 is 0 Å². The molecule has 0 spiro atoms. The second-order valence-electron chi connectivity index (χ2n) is 13.5. The van der Waals surface area contributed by atoms with Crippen LogP contribution in [0.4, 0.5) is 0 Å². The minimum atomic E-state index is 0.629. The predicted molar refractivity (Wildman–Crippen MR) is 225 cm³/mol. The van der Waals surface area contributed by atoms with E-state index in [0.29, 0.717) is 17.5 Å². The zero-order valence-corrected chi connectivity index (χ0v) is 29.8. The summed E-state index contributed by atoms with van der Waals surface area (Å²) in [6, 6.07) is 69.3. The molecule has 0 amide bonds. The van der Waals surface area contributed by atoms with E-state index in [0.717, 1.165) is 77.6 Å². The summed E-state index contributed by atoms with van der Waals surface area (Å²) >= 11 is 0. The summed E-state index contributed by atoms with van der Waals surface area (Å²) in [5.41, 5.74) is 11.4. The topological polar surface area (TPSA) is 56.5 Å². The number of rotatable bonds is 7. The second kappa shape index (κ2) is 13.8. The first-order valence-electron chi connectivity index (χ1n) is 18.4. The molecule has 0 bridgehead atoms. The number of benzene rings is 8. The Hall–Kier alpha value is -7.50. The summed E-state index contributed by atoms with van der Waals surface area (Å²) in [5, 5.41) is 8.80. The van der Waals surface area contributed by atoms with Crippen molar-refractivity contribution in [1.82, 2.24) is 24.7 Å². The van der Waals surface area contributed by atoms with E-state index in [1.54, 1.807) is 0 Å². The third kappa shape index (κ3) is 5.94. The highest BCUT2D eigenvalue weighted by molar-refractivity contribution is 6.18. The number of para-hydroxylation sites is 1. The molecule has 0 aliphatic heterocycles. The lowest BCUT2D eigenvalue weighted by atomic mass is 9.89. The Morgan fingerprint density at radius 2 is 0.800 bits per heavy atom. The number of aromatic nitrogens is 5. The molecule has 0 atom stereocenters. The first kappa shape index (κ1) is 32.2. The summed E-state index contributed by atoms with van der Waals surface area (Å²) in [5.74, 6) is 1.92. The standard InChI is InChI=1S/C50H33N5/c1-5-17-35(18-6-1)46-45-44(33-39-23-13-14-27-42(39)47(45)55(54-46)40-24-11-4-12-25-40)43-28-16-15-26-41(43)34-29-31-38(32-30-34)50-52-48(36-19-7-2-8-20-36)51-49(53-50)37-21-9-3-10-22-37/h1-33H. The molecule has 0 fully saturated rings. The van der Waals surface area contributed by atoms with Gasteiger partial charge in [0.1, 0.15) is 5.69 Å². The van der Waals surface area contributed by atoms with Crippen LogP contribution in [-0.4, -0.2) is 24.7 Å². The Bertz CT molecular complexity index is 2880. The highest BCUT2D eigenvalue weighted by atomic mass is 15.3. The van der Waals surface area contributed by atoms with Gasteiger partial charge in [-0.2, -0.15) is 5.10 Å². The van der Waals surface area contributed by atoms with E-state index >= 15 is 0 Å². The summed E-state index contributed by atoms with van der Waals surface area (Å²) < 4.78 is 2.11. The first-order chi connectivity index (χ1) is 27.3. The van der Waals surface area contributed by atoms with Crippen molar-refractivity contribution in [3.63, 3.8) is 0 Å². The van der Waals surface area contributed by atoms with Gasteiger partial charge in [-0.25, -0.2) is 19.6 Å². The van der Waals surface area contributed by atoms with Crippen molar-refractivity contribution in [3.8, 4) is 73.4 Å². The lowest BCUT2D eigenvalue weighted by molar-refractivity contribution is 0.918. The van der Waals surface area contributed by atoms with Gasteiger partial charge in [0, 0.05) is 33.0 Å². The van der Waals surface area contributed by atoms with Crippen LogP contribution in [0.1, 0.15) is 0 Å². The molecule has 0 saturated heterocycles. The molecule has 2 heterocycles.